The SMILES string of the molecule is CC(C)CN1CCO[C@H](CNC(=O)c2cnn(C)c2-n2cccc2)C1. The number of carbonyl (C=O) groups excluding carboxylic acids is 1. The highest BCUT2D eigenvalue weighted by Crippen LogP contribution is 2.14. The molecule has 0 aliphatic carbocycles. The first-order valence-corrected chi connectivity index (χ1v) is 8.82. The van der Waals surface area contributed by atoms with Gasteiger partial charge in [0.25, 0.3) is 5.91 Å². The molecule has 1 fully saturated rings. The Morgan fingerprint density at radius 1 is 1.40 bits per heavy atom. The lowest BCUT2D eigenvalue weighted by Gasteiger charge is -2.33. The zero-order chi connectivity index (χ0) is 17.8. The van der Waals surface area contributed by atoms with Crippen molar-refractivity contribution in [3.05, 3.63) is 36.3 Å². The third-order valence-electron chi connectivity index (χ3n) is 4.34. The Balaban J connectivity index is 1.60. The molecule has 0 aromatic carbocycles. The summed E-state index contributed by atoms with van der Waals surface area (Å²) in [5.41, 5.74) is 0.563. The summed E-state index contributed by atoms with van der Waals surface area (Å²) in [4.78, 5) is 15.0. The van der Waals surface area contributed by atoms with Crippen LogP contribution in [0, 0.1) is 5.92 Å². The summed E-state index contributed by atoms with van der Waals surface area (Å²) in [5.74, 6) is 1.27. The molecule has 3 rings (SSSR count). The molecule has 0 saturated carbocycles. The lowest BCUT2D eigenvalue weighted by Crippen LogP contribution is -2.48. The van der Waals surface area contributed by atoms with E-state index < -0.39 is 0 Å². The van der Waals surface area contributed by atoms with Gasteiger partial charge in [0.05, 0.1) is 18.9 Å². The number of carbonyl (C=O) groups is 1. The largest absolute Gasteiger partial charge is 0.374 e. The summed E-state index contributed by atoms with van der Waals surface area (Å²) < 4.78 is 9.40. The Morgan fingerprint density at radius 3 is 2.88 bits per heavy atom. The van der Waals surface area contributed by atoms with E-state index in [9.17, 15) is 4.79 Å². The maximum atomic E-state index is 12.6. The summed E-state index contributed by atoms with van der Waals surface area (Å²) in [6.07, 6.45) is 5.45. The molecule has 2 aromatic heterocycles. The average molecular weight is 345 g/mol. The van der Waals surface area contributed by atoms with E-state index in [2.05, 4.69) is 29.2 Å². The van der Waals surface area contributed by atoms with Crippen molar-refractivity contribution in [3.8, 4) is 5.82 Å². The van der Waals surface area contributed by atoms with Gasteiger partial charge in [-0.15, -0.1) is 0 Å². The molecule has 25 heavy (non-hydrogen) atoms. The number of nitrogens with one attached hydrogen (secondary N) is 1. The number of nitrogens with zero attached hydrogens (tertiary/aromatic N) is 4. The minimum Gasteiger partial charge on any atom is -0.374 e. The summed E-state index contributed by atoms with van der Waals surface area (Å²) in [6, 6.07) is 3.85. The van der Waals surface area contributed by atoms with E-state index in [-0.39, 0.29) is 12.0 Å². The predicted octanol–water partition coefficient (Wildman–Crippen LogP) is 1.30. The smallest absolute Gasteiger partial charge is 0.256 e. The Labute approximate surface area is 148 Å². The van der Waals surface area contributed by atoms with Crippen LogP contribution in [0.3, 0.4) is 0 Å². The molecule has 0 bridgehead atoms. The fourth-order valence-electron chi connectivity index (χ4n) is 3.26. The van der Waals surface area contributed by atoms with Gasteiger partial charge in [0.2, 0.25) is 0 Å². The van der Waals surface area contributed by atoms with Crippen LogP contribution in [0.1, 0.15) is 24.2 Å². The molecule has 0 spiro atoms. The topological polar surface area (TPSA) is 64.3 Å². The van der Waals surface area contributed by atoms with Gasteiger partial charge >= 0.3 is 0 Å². The summed E-state index contributed by atoms with van der Waals surface area (Å²) in [5, 5.41) is 7.23. The molecule has 1 aliphatic heterocycles. The van der Waals surface area contributed by atoms with E-state index in [0.29, 0.717) is 18.0 Å². The first-order chi connectivity index (χ1) is 12.0. The van der Waals surface area contributed by atoms with E-state index in [4.69, 9.17) is 4.74 Å². The Kier molecular flexibility index (Phi) is 5.55. The van der Waals surface area contributed by atoms with Gasteiger partial charge in [-0.3, -0.25) is 14.4 Å². The highest BCUT2D eigenvalue weighted by molar-refractivity contribution is 5.97. The van der Waals surface area contributed by atoms with Crippen LogP contribution in [-0.2, 0) is 11.8 Å². The van der Waals surface area contributed by atoms with Crippen molar-refractivity contribution < 1.29 is 9.53 Å². The van der Waals surface area contributed by atoms with Gasteiger partial charge in [-0.2, -0.15) is 5.10 Å². The van der Waals surface area contributed by atoms with Crippen LogP contribution in [0.25, 0.3) is 5.82 Å². The Hall–Kier alpha value is -2.12. The van der Waals surface area contributed by atoms with Crippen LogP contribution in [0.15, 0.2) is 30.7 Å². The number of aryl methyl sites for hydroxylation is 1. The third-order valence-corrected chi connectivity index (χ3v) is 4.34. The number of amides is 1. The van der Waals surface area contributed by atoms with Gasteiger partial charge in [0.1, 0.15) is 11.4 Å². The van der Waals surface area contributed by atoms with Crippen molar-refractivity contribution in [1.29, 1.82) is 0 Å². The van der Waals surface area contributed by atoms with Crippen LogP contribution < -0.4 is 5.32 Å². The van der Waals surface area contributed by atoms with Gasteiger partial charge in [0.15, 0.2) is 0 Å². The van der Waals surface area contributed by atoms with Crippen LogP contribution in [0.5, 0.6) is 0 Å². The normalized spacial score (nSPS) is 18.6. The van der Waals surface area contributed by atoms with E-state index in [1.807, 2.05) is 36.1 Å². The molecular weight excluding hydrogens is 318 g/mol. The number of hydrogen-bond donors (Lipinski definition) is 1. The first kappa shape index (κ1) is 17.7. The molecule has 1 atom stereocenters. The van der Waals surface area contributed by atoms with Gasteiger partial charge in [-0.1, -0.05) is 13.8 Å². The molecular formula is C18H27N5O2. The number of aromatic nitrogens is 3. The monoisotopic (exact) mass is 345 g/mol. The van der Waals surface area contributed by atoms with E-state index >= 15 is 0 Å². The van der Waals surface area contributed by atoms with E-state index in [0.717, 1.165) is 32.1 Å². The second kappa shape index (κ2) is 7.84. The van der Waals surface area contributed by atoms with Crippen LogP contribution in [-0.4, -0.2) is 64.0 Å². The molecule has 136 valence electrons. The maximum absolute atomic E-state index is 12.6. The minimum atomic E-state index is -0.124. The summed E-state index contributed by atoms with van der Waals surface area (Å²) in [6.45, 7) is 8.55. The van der Waals surface area contributed by atoms with Crippen LogP contribution in [0.2, 0.25) is 0 Å². The fraction of sp³-hybridized carbons (Fsp3) is 0.556. The molecule has 0 radical (unpaired) electrons. The molecule has 1 amide bonds. The van der Waals surface area contributed by atoms with Gasteiger partial charge in [0, 0.05) is 45.6 Å². The van der Waals surface area contributed by atoms with Crippen molar-refractivity contribution in [2.75, 3.05) is 32.8 Å². The molecule has 1 saturated heterocycles. The lowest BCUT2D eigenvalue weighted by molar-refractivity contribution is -0.0295. The van der Waals surface area contributed by atoms with Crippen molar-refractivity contribution in [2.24, 2.45) is 13.0 Å². The van der Waals surface area contributed by atoms with Crippen LogP contribution in [0.4, 0.5) is 0 Å². The standard InChI is InChI=1S/C18H27N5O2/c1-14(2)12-22-8-9-25-15(13-22)10-19-17(24)16-11-20-21(3)18(16)23-6-4-5-7-23/h4-7,11,14-15H,8-10,12-13H2,1-3H3,(H,19,24)/t15-/m1/s1. The zero-order valence-corrected chi connectivity index (χ0v) is 15.2. The third kappa shape index (κ3) is 4.29. The Morgan fingerprint density at radius 2 is 2.16 bits per heavy atom. The molecule has 3 heterocycles. The van der Waals surface area contributed by atoms with Crippen LogP contribution >= 0.6 is 0 Å². The van der Waals surface area contributed by atoms with Crippen molar-refractivity contribution in [3.63, 3.8) is 0 Å². The zero-order valence-electron chi connectivity index (χ0n) is 15.2. The fourth-order valence-corrected chi connectivity index (χ4v) is 3.26. The summed E-state index contributed by atoms with van der Waals surface area (Å²) in [7, 11) is 1.83. The van der Waals surface area contributed by atoms with Crippen molar-refractivity contribution >= 4 is 5.91 Å². The lowest BCUT2D eigenvalue weighted by atomic mass is 10.2. The van der Waals surface area contributed by atoms with Gasteiger partial charge < -0.3 is 14.6 Å². The highest BCUT2D eigenvalue weighted by atomic mass is 16.5. The van der Waals surface area contributed by atoms with Gasteiger partial charge in [-0.05, 0) is 18.1 Å². The number of morpholine rings is 1. The molecule has 1 aliphatic rings. The molecule has 1 N–H and O–H groups in total. The number of hydrogen-bond acceptors (Lipinski definition) is 4. The second-order valence-electron chi connectivity index (χ2n) is 6.95. The van der Waals surface area contributed by atoms with E-state index in [1.165, 1.54) is 0 Å². The average Bonchev–Trinajstić information content (AvgIpc) is 3.21. The predicted molar refractivity (Wildman–Crippen MR) is 95.9 cm³/mol. The number of ether oxygens (including phenoxy) is 1. The molecule has 0 unspecified atom stereocenters. The molecule has 7 heteroatoms. The Bertz CT molecular complexity index is 692. The van der Waals surface area contributed by atoms with Crippen molar-refractivity contribution in [2.45, 2.75) is 20.0 Å². The molecule has 7 nitrogen and oxygen atoms in total. The second-order valence-corrected chi connectivity index (χ2v) is 6.95. The maximum Gasteiger partial charge on any atom is 0.256 e. The highest BCUT2D eigenvalue weighted by Gasteiger charge is 2.23. The quantitative estimate of drug-likeness (QED) is 0.857. The first-order valence-electron chi connectivity index (χ1n) is 8.82. The van der Waals surface area contributed by atoms with E-state index in [1.54, 1.807) is 10.9 Å². The van der Waals surface area contributed by atoms with Crippen molar-refractivity contribution in [1.82, 2.24) is 24.6 Å². The van der Waals surface area contributed by atoms with Gasteiger partial charge in [-0.25, -0.2) is 0 Å². The minimum absolute atomic E-state index is 0.0307. The number of rotatable bonds is 6. The summed E-state index contributed by atoms with van der Waals surface area (Å²) >= 11 is 0. The molecule has 2 aromatic rings.